The second kappa shape index (κ2) is 20.3. The molecule has 0 aromatic carbocycles. The Morgan fingerprint density at radius 3 is 1.33 bits per heavy atom. The van der Waals surface area contributed by atoms with Crippen LogP contribution in [0, 0.1) is 5.41 Å². The molecule has 5 N–H and O–H groups in total. The summed E-state index contributed by atoms with van der Waals surface area (Å²) in [5.74, 6) is 0. The molecule has 0 aliphatic heterocycles. The number of nitrogens with one attached hydrogen (secondary N) is 1. The lowest BCUT2D eigenvalue weighted by Crippen LogP contribution is -2.32. The van der Waals surface area contributed by atoms with E-state index in [9.17, 15) is 10.2 Å². The molecule has 7 heteroatoms. The first-order chi connectivity index (χ1) is 14.4. The Hall–Kier alpha value is -0.570. The molecule has 0 rings (SSSR count). The zero-order chi connectivity index (χ0) is 22.6. The number of rotatable bonds is 22. The largest absolute Gasteiger partial charge is 0.394 e. The van der Waals surface area contributed by atoms with Crippen molar-refractivity contribution in [3.8, 4) is 0 Å². The van der Waals surface area contributed by atoms with Crippen molar-refractivity contribution in [2.24, 2.45) is 0 Å². The van der Waals surface area contributed by atoms with Crippen molar-refractivity contribution in [2.75, 3.05) is 53.5 Å². The Morgan fingerprint density at radius 1 is 0.633 bits per heavy atom. The van der Waals surface area contributed by atoms with Crippen molar-refractivity contribution in [3.63, 3.8) is 0 Å². The number of nitrogens with zero attached hydrogens (tertiary/aromatic N) is 2. The summed E-state index contributed by atoms with van der Waals surface area (Å²) < 4.78 is 0. The zero-order valence-corrected chi connectivity index (χ0v) is 19.6. The average molecular weight is 432 g/mol. The molecule has 0 heterocycles. The summed E-state index contributed by atoms with van der Waals surface area (Å²) in [5, 5.41) is 44.6. The summed E-state index contributed by atoms with van der Waals surface area (Å²) in [6, 6.07) is 0. The van der Waals surface area contributed by atoms with Gasteiger partial charge in [-0.15, -0.1) is 0 Å². The fraction of sp³-hybridized carbons (Fsp3) is 0.957. The van der Waals surface area contributed by atoms with Gasteiger partial charge in [-0.3, -0.25) is 0 Å². The van der Waals surface area contributed by atoms with E-state index in [1.807, 2.05) is 14.1 Å². The van der Waals surface area contributed by atoms with Gasteiger partial charge in [0.2, 0.25) is 0 Å². The molecule has 0 fully saturated rings. The van der Waals surface area contributed by atoms with Crippen molar-refractivity contribution in [2.45, 2.75) is 89.3 Å². The van der Waals surface area contributed by atoms with E-state index in [1.165, 1.54) is 38.5 Å². The topological polar surface area (TPSA) is 111 Å². The van der Waals surface area contributed by atoms with Gasteiger partial charge in [0.1, 0.15) is 0 Å². The average Bonchev–Trinajstić information content (AvgIpc) is 2.71. The smallest absolute Gasteiger partial charge is 0.0897 e. The van der Waals surface area contributed by atoms with E-state index in [-0.39, 0.29) is 13.2 Å². The molecule has 0 aromatic heterocycles. The van der Waals surface area contributed by atoms with E-state index in [4.69, 9.17) is 15.6 Å². The van der Waals surface area contributed by atoms with Gasteiger partial charge < -0.3 is 35.6 Å². The Kier molecular flexibility index (Phi) is 20.0. The summed E-state index contributed by atoms with van der Waals surface area (Å²) >= 11 is 0. The monoisotopic (exact) mass is 431 g/mol. The SMILES string of the molecule is CN(CCCCCCCC(=N)CCCCCCCN(C)CC(O)CO)CC(O)CO. The van der Waals surface area contributed by atoms with E-state index in [1.54, 1.807) is 0 Å². The molecule has 0 aliphatic rings. The third-order valence-electron chi connectivity index (χ3n) is 5.50. The summed E-state index contributed by atoms with van der Waals surface area (Å²) in [6.45, 7) is 2.61. The first-order valence-corrected chi connectivity index (χ1v) is 11.9. The maximum atomic E-state index is 9.39. The molecule has 7 nitrogen and oxygen atoms in total. The van der Waals surface area contributed by atoms with Crippen molar-refractivity contribution >= 4 is 5.71 Å². The highest BCUT2D eigenvalue weighted by atomic mass is 16.3. The van der Waals surface area contributed by atoms with Crippen LogP contribution in [0.5, 0.6) is 0 Å². The van der Waals surface area contributed by atoms with Crippen LogP contribution in [0.25, 0.3) is 0 Å². The molecule has 30 heavy (non-hydrogen) atoms. The molecule has 0 bridgehead atoms. The Morgan fingerprint density at radius 2 is 0.967 bits per heavy atom. The van der Waals surface area contributed by atoms with Gasteiger partial charge in [-0.1, -0.05) is 38.5 Å². The number of aliphatic hydroxyl groups excluding tert-OH is 4. The molecule has 0 amide bonds. The normalized spacial score (nSPS) is 13.9. The number of aliphatic hydroxyl groups is 4. The van der Waals surface area contributed by atoms with E-state index >= 15 is 0 Å². The fourth-order valence-corrected chi connectivity index (χ4v) is 3.64. The first kappa shape index (κ1) is 29.4. The van der Waals surface area contributed by atoms with Crippen LogP contribution in [0.2, 0.25) is 0 Å². The van der Waals surface area contributed by atoms with Gasteiger partial charge in [0.05, 0.1) is 25.4 Å². The molecular weight excluding hydrogens is 382 g/mol. The van der Waals surface area contributed by atoms with Gasteiger partial charge in [0.15, 0.2) is 0 Å². The van der Waals surface area contributed by atoms with Gasteiger partial charge in [0.25, 0.3) is 0 Å². The van der Waals surface area contributed by atoms with E-state index < -0.39 is 12.2 Å². The lowest BCUT2D eigenvalue weighted by Gasteiger charge is -2.19. The molecule has 0 saturated carbocycles. The van der Waals surface area contributed by atoms with Crippen molar-refractivity contribution < 1.29 is 20.4 Å². The van der Waals surface area contributed by atoms with Crippen LogP contribution in [0.3, 0.4) is 0 Å². The lowest BCUT2D eigenvalue weighted by molar-refractivity contribution is 0.0661. The minimum absolute atomic E-state index is 0.175. The van der Waals surface area contributed by atoms with Crippen molar-refractivity contribution in [1.29, 1.82) is 5.41 Å². The fourth-order valence-electron chi connectivity index (χ4n) is 3.64. The quantitative estimate of drug-likeness (QED) is 0.133. The van der Waals surface area contributed by atoms with Gasteiger partial charge in [-0.2, -0.15) is 0 Å². The lowest BCUT2D eigenvalue weighted by atomic mass is 10.0. The second-order valence-corrected chi connectivity index (χ2v) is 8.84. The Balaban J connectivity index is 3.38. The number of hydrogen-bond donors (Lipinski definition) is 5. The van der Waals surface area contributed by atoms with Gasteiger partial charge in [-0.25, -0.2) is 0 Å². The molecule has 0 spiro atoms. The molecule has 0 saturated heterocycles. The minimum Gasteiger partial charge on any atom is -0.394 e. The predicted octanol–water partition coefficient (Wildman–Crippen LogP) is 2.26. The molecule has 2 atom stereocenters. The molecule has 0 aromatic rings. The van der Waals surface area contributed by atoms with E-state index in [0.29, 0.717) is 13.1 Å². The van der Waals surface area contributed by atoms with Gasteiger partial charge in [0, 0.05) is 18.8 Å². The molecule has 2 unspecified atom stereocenters. The Labute approximate surface area is 184 Å². The van der Waals surface area contributed by atoms with E-state index in [0.717, 1.165) is 57.3 Å². The molecule has 0 aliphatic carbocycles. The van der Waals surface area contributed by atoms with Crippen molar-refractivity contribution in [1.82, 2.24) is 9.80 Å². The first-order valence-electron chi connectivity index (χ1n) is 11.9. The molecule has 180 valence electrons. The maximum absolute atomic E-state index is 9.39. The van der Waals surface area contributed by atoms with E-state index in [2.05, 4.69) is 9.80 Å². The third-order valence-corrected chi connectivity index (χ3v) is 5.50. The summed E-state index contributed by atoms with van der Waals surface area (Å²) in [7, 11) is 3.95. The van der Waals surface area contributed by atoms with Gasteiger partial charge in [-0.05, 0) is 65.7 Å². The predicted molar refractivity (Wildman–Crippen MR) is 124 cm³/mol. The number of likely N-dealkylation sites (N-methyl/N-ethyl adjacent to an activating group) is 2. The Bertz CT molecular complexity index is 365. The van der Waals surface area contributed by atoms with Crippen LogP contribution in [0.1, 0.15) is 77.0 Å². The maximum Gasteiger partial charge on any atom is 0.0897 e. The molecule has 0 radical (unpaired) electrons. The zero-order valence-electron chi connectivity index (χ0n) is 19.6. The van der Waals surface area contributed by atoms with Crippen LogP contribution in [-0.2, 0) is 0 Å². The van der Waals surface area contributed by atoms with Crippen LogP contribution in [0.4, 0.5) is 0 Å². The third kappa shape index (κ3) is 19.4. The standard InChI is InChI=1S/C23H49N3O4/c1-25(17-22(29)19-27)15-11-7-3-5-9-13-21(24)14-10-6-4-8-12-16-26(2)18-23(30)20-28/h22-24,27-30H,3-20H2,1-2H3. The highest BCUT2D eigenvalue weighted by Gasteiger charge is 2.07. The molecular formula is C23H49N3O4. The van der Waals surface area contributed by atoms with Gasteiger partial charge >= 0.3 is 0 Å². The van der Waals surface area contributed by atoms with Crippen LogP contribution < -0.4 is 0 Å². The number of unbranched alkanes of at least 4 members (excludes halogenated alkanes) is 8. The summed E-state index contributed by atoms with van der Waals surface area (Å²) in [5.41, 5.74) is 0.894. The van der Waals surface area contributed by atoms with Crippen LogP contribution in [0.15, 0.2) is 0 Å². The summed E-state index contributed by atoms with van der Waals surface area (Å²) in [4.78, 5) is 4.13. The second-order valence-electron chi connectivity index (χ2n) is 8.84. The highest BCUT2D eigenvalue weighted by Crippen LogP contribution is 2.11. The highest BCUT2D eigenvalue weighted by molar-refractivity contribution is 5.81. The number of hydrogen-bond acceptors (Lipinski definition) is 7. The van der Waals surface area contributed by atoms with Crippen molar-refractivity contribution in [3.05, 3.63) is 0 Å². The van der Waals surface area contributed by atoms with Crippen LogP contribution in [-0.4, -0.2) is 102 Å². The van der Waals surface area contributed by atoms with Crippen LogP contribution >= 0.6 is 0 Å². The minimum atomic E-state index is -0.639. The summed E-state index contributed by atoms with van der Waals surface area (Å²) in [6.07, 6.45) is 12.2.